The zero-order valence-electron chi connectivity index (χ0n) is 13.5. The van der Waals surface area contributed by atoms with Gasteiger partial charge in [0, 0.05) is 24.4 Å². The first-order valence-electron chi connectivity index (χ1n) is 7.32. The average molecular weight is 312 g/mol. The van der Waals surface area contributed by atoms with E-state index in [-0.39, 0.29) is 18.4 Å². The normalized spacial score (nSPS) is 10.0. The second-order valence-corrected chi connectivity index (χ2v) is 5.31. The van der Waals surface area contributed by atoms with Crippen LogP contribution in [0.25, 0.3) is 0 Å². The number of nitrogens with one attached hydrogen (secondary N) is 2. The van der Waals surface area contributed by atoms with Crippen LogP contribution in [0.1, 0.15) is 18.1 Å². The van der Waals surface area contributed by atoms with Gasteiger partial charge in [-0.3, -0.25) is 9.59 Å². The van der Waals surface area contributed by atoms with Crippen molar-refractivity contribution in [1.29, 1.82) is 0 Å². The molecule has 0 saturated heterocycles. The minimum atomic E-state index is -0.229. The highest BCUT2D eigenvalue weighted by Gasteiger charge is 2.08. The summed E-state index contributed by atoms with van der Waals surface area (Å²) >= 11 is 0. The first-order valence-corrected chi connectivity index (χ1v) is 7.32. The molecule has 0 aliphatic rings. The molecule has 2 aromatic carbocycles. The van der Waals surface area contributed by atoms with Gasteiger partial charge in [-0.25, -0.2) is 0 Å². The summed E-state index contributed by atoms with van der Waals surface area (Å²) in [6, 6.07) is 12.8. The zero-order valence-corrected chi connectivity index (χ0v) is 13.5. The van der Waals surface area contributed by atoms with Gasteiger partial charge in [-0.15, -0.1) is 0 Å². The summed E-state index contributed by atoms with van der Waals surface area (Å²) < 4.78 is 5.48. The number of rotatable bonds is 5. The summed E-state index contributed by atoms with van der Waals surface area (Å²) in [4.78, 5) is 23.1. The van der Waals surface area contributed by atoms with Gasteiger partial charge in [-0.2, -0.15) is 0 Å². The Morgan fingerprint density at radius 1 is 1.00 bits per heavy atom. The SMILES string of the molecule is CC(=O)Nc1cccc(OCC(=O)Nc2c(C)cccc2C)c1. The van der Waals surface area contributed by atoms with Gasteiger partial charge >= 0.3 is 0 Å². The van der Waals surface area contributed by atoms with E-state index in [1.165, 1.54) is 6.92 Å². The highest BCUT2D eigenvalue weighted by molar-refractivity contribution is 5.93. The standard InChI is InChI=1S/C18H20N2O3/c1-12-6-4-7-13(2)18(12)20-17(22)11-23-16-9-5-8-15(10-16)19-14(3)21/h4-10H,11H2,1-3H3,(H,19,21)(H,20,22). The van der Waals surface area contributed by atoms with E-state index in [0.717, 1.165) is 16.8 Å². The van der Waals surface area contributed by atoms with E-state index < -0.39 is 0 Å². The lowest BCUT2D eigenvalue weighted by Gasteiger charge is -2.12. The summed E-state index contributed by atoms with van der Waals surface area (Å²) in [6.07, 6.45) is 0. The quantitative estimate of drug-likeness (QED) is 0.890. The second-order valence-electron chi connectivity index (χ2n) is 5.31. The van der Waals surface area contributed by atoms with Gasteiger partial charge < -0.3 is 15.4 Å². The molecule has 2 aromatic rings. The fraction of sp³-hybridized carbons (Fsp3) is 0.222. The Balaban J connectivity index is 1.95. The van der Waals surface area contributed by atoms with Crippen LogP contribution in [0.4, 0.5) is 11.4 Å². The summed E-state index contributed by atoms with van der Waals surface area (Å²) in [5.41, 5.74) is 3.45. The molecule has 0 aromatic heterocycles. The van der Waals surface area contributed by atoms with Crippen molar-refractivity contribution >= 4 is 23.2 Å². The fourth-order valence-electron chi connectivity index (χ4n) is 2.20. The van der Waals surface area contributed by atoms with Crippen molar-refractivity contribution in [2.75, 3.05) is 17.2 Å². The maximum Gasteiger partial charge on any atom is 0.262 e. The molecule has 0 radical (unpaired) electrons. The number of ether oxygens (including phenoxy) is 1. The number of amides is 2. The van der Waals surface area contributed by atoms with Crippen molar-refractivity contribution in [1.82, 2.24) is 0 Å². The van der Waals surface area contributed by atoms with Crippen molar-refractivity contribution in [3.8, 4) is 5.75 Å². The van der Waals surface area contributed by atoms with Gasteiger partial charge in [0.25, 0.3) is 5.91 Å². The first kappa shape index (κ1) is 16.5. The maximum atomic E-state index is 12.0. The lowest BCUT2D eigenvalue weighted by Crippen LogP contribution is -2.21. The molecule has 0 unspecified atom stereocenters. The second kappa shape index (κ2) is 7.45. The van der Waals surface area contributed by atoms with E-state index in [1.807, 2.05) is 32.0 Å². The Hall–Kier alpha value is -2.82. The largest absolute Gasteiger partial charge is 0.484 e. The topological polar surface area (TPSA) is 67.4 Å². The summed E-state index contributed by atoms with van der Waals surface area (Å²) in [5.74, 6) is 0.134. The van der Waals surface area contributed by atoms with Crippen LogP contribution in [-0.2, 0) is 9.59 Å². The molecule has 0 fully saturated rings. The van der Waals surface area contributed by atoms with E-state index in [1.54, 1.807) is 24.3 Å². The molecule has 0 spiro atoms. The predicted octanol–water partition coefficient (Wildman–Crippen LogP) is 3.28. The van der Waals surface area contributed by atoms with E-state index >= 15 is 0 Å². The van der Waals surface area contributed by atoms with Gasteiger partial charge in [0.15, 0.2) is 6.61 Å². The number of hydrogen-bond acceptors (Lipinski definition) is 3. The number of carbonyl (C=O) groups is 2. The van der Waals surface area contributed by atoms with Crippen LogP contribution in [0.2, 0.25) is 0 Å². The van der Waals surface area contributed by atoms with Gasteiger partial charge in [0.1, 0.15) is 5.75 Å². The van der Waals surface area contributed by atoms with Crippen LogP contribution in [0.15, 0.2) is 42.5 Å². The van der Waals surface area contributed by atoms with E-state index in [9.17, 15) is 9.59 Å². The number of hydrogen-bond donors (Lipinski definition) is 2. The van der Waals surface area contributed by atoms with Gasteiger partial charge in [0.05, 0.1) is 0 Å². The Bertz CT molecular complexity index is 706. The van der Waals surface area contributed by atoms with Crippen LogP contribution in [0, 0.1) is 13.8 Å². The monoisotopic (exact) mass is 312 g/mol. The molecule has 120 valence electrons. The lowest BCUT2D eigenvalue weighted by atomic mass is 10.1. The van der Waals surface area contributed by atoms with Crippen LogP contribution < -0.4 is 15.4 Å². The number of anilines is 2. The third kappa shape index (κ3) is 4.85. The summed E-state index contributed by atoms with van der Waals surface area (Å²) in [7, 11) is 0. The fourth-order valence-corrected chi connectivity index (χ4v) is 2.20. The Morgan fingerprint density at radius 3 is 2.30 bits per heavy atom. The summed E-state index contributed by atoms with van der Waals surface area (Å²) in [6.45, 7) is 5.23. The molecule has 0 saturated carbocycles. The predicted molar refractivity (Wildman–Crippen MR) is 90.8 cm³/mol. The van der Waals surface area contributed by atoms with Crippen molar-refractivity contribution in [3.63, 3.8) is 0 Å². The molecule has 0 heterocycles. The van der Waals surface area contributed by atoms with Crippen molar-refractivity contribution in [2.24, 2.45) is 0 Å². The van der Waals surface area contributed by atoms with E-state index in [0.29, 0.717) is 11.4 Å². The number of carbonyl (C=O) groups excluding carboxylic acids is 2. The van der Waals surface area contributed by atoms with Crippen LogP contribution >= 0.6 is 0 Å². The molecule has 5 heteroatoms. The minimum Gasteiger partial charge on any atom is -0.484 e. The highest BCUT2D eigenvalue weighted by atomic mass is 16.5. The third-order valence-corrected chi connectivity index (χ3v) is 3.27. The Labute approximate surface area is 135 Å². The number of benzene rings is 2. The smallest absolute Gasteiger partial charge is 0.262 e. The van der Waals surface area contributed by atoms with Crippen LogP contribution in [0.5, 0.6) is 5.75 Å². The van der Waals surface area contributed by atoms with Gasteiger partial charge in [-0.1, -0.05) is 24.3 Å². The molecule has 23 heavy (non-hydrogen) atoms. The van der Waals surface area contributed by atoms with E-state index in [4.69, 9.17) is 4.74 Å². The zero-order chi connectivity index (χ0) is 16.8. The van der Waals surface area contributed by atoms with Crippen molar-refractivity contribution in [3.05, 3.63) is 53.6 Å². The lowest BCUT2D eigenvalue weighted by molar-refractivity contribution is -0.118. The van der Waals surface area contributed by atoms with Gasteiger partial charge in [-0.05, 0) is 37.1 Å². The van der Waals surface area contributed by atoms with Crippen LogP contribution in [0.3, 0.4) is 0 Å². The number of aryl methyl sites for hydroxylation is 2. The van der Waals surface area contributed by atoms with Gasteiger partial charge in [0.2, 0.25) is 5.91 Å². The molecule has 2 amide bonds. The molecule has 2 N–H and O–H groups in total. The minimum absolute atomic E-state index is 0.0999. The molecule has 2 rings (SSSR count). The molecule has 5 nitrogen and oxygen atoms in total. The maximum absolute atomic E-state index is 12.0. The molecule has 0 atom stereocenters. The highest BCUT2D eigenvalue weighted by Crippen LogP contribution is 2.20. The molecular weight excluding hydrogens is 292 g/mol. The first-order chi connectivity index (χ1) is 11.0. The molecular formula is C18H20N2O3. The molecule has 0 aliphatic heterocycles. The number of para-hydroxylation sites is 1. The third-order valence-electron chi connectivity index (χ3n) is 3.27. The molecule has 0 aliphatic carbocycles. The van der Waals surface area contributed by atoms with Crippen molar-refractivity contribution in [2.45, 2.75) is 20.8 Å². The Morgan fingerprint density at radius 2 is 1.65 bits per heavy atom. The summed E-state index contributed by atoms with van der Waals surface area (Å²) in [5, 5.41) is 5.53. The average Bonchev–Trinajstić information content (AvgIpc) is 2.49. The van der Waals surface area contributed by atoms with Crippen molar-refractivity contribution < 1.29 is 14.3 Å². The van der Waals surface area contributed by atoms with Crippen LogP contribution in [-0.4, -0.2) is 18.4 Å². The molecule has 0 bridgehead atoms. The van der Waals surface area contributed by atoms with E-state index in [2.05, 4.69) is 10.6 Å². The Kier molecular flexibility index (Phi) is 5.36.